The Balaban J connectivity index is 2.18. The molecule has 3 nitrogen and oxygen atoms in total. The number of anilines is 2. The Morgan fingerprint density at radius 1 is 1.21 bits per heavy atom. The molecule has 1 aromatic carbocycles. The number of nitrogen functional groups attached to an aromatic ring is 1. The fraction of sp³-hybridized carbons (Fsp3) is 0.364. The molecule has 76 valence electrons. The van der Waals surface area contributed by atoms with Gasteiger partial charge in [0.25, 0.3) is 0 Å². The van der Waals surface area contributed by atoms with E-state index in [0.29, 0.717) is 6.42 Å². The maximum absolute atomic E-state index is 10.0. The number of carbonyl (C=O) groups excluding carboxylic acids is 1. The Morgan fingerprint density at radius 2 is 1.93 bits per heavy atom. The molecule has 0 spiro atoms. The Morgan fingerprint density at radius 3 is 2.57 bits per heavy atom. The molecule has 3 N–H and O–H groups in total. The smallest absolute Gasteiger partial charge is 0.119 e. The average molecular weight is 192 g/mol. The summed E-state index contributed by atoms with van der Waals surface area (Å²) in [5.74, 6) is 0. The molecule has 0 saturated carbocycles. The van der Waals surface area contributed by atoms with Gasteiger partial charge in [-0.1, -0.05) is 0 Å². The second-order valence-electron chi connectivity index (χ2n) is 3.21. The van der Waals surface area contributed by atoms with Crippen molar-refractivity contribution >= 4 is 17.7 Å². The first kappa shape index (κ1) is 10.6. The summed E-state index contributed by atoms with van der Waals surface area (Å²) in [6.45, 7) is 0.901. The summed E-state index contributed by atoms with van der Waals surface area (Å²) in [4.78, 5) is 10.0. The van der Waals surface area contributed by atoms with Crippen molar-refractivity contribution < 1.29 is 4.79 Å². The zero-order valence-electron chi connectivity index (χ0n) is 8.20. The molecule has 3 heteroatoms. The minimum atomic E-state index is 0.656. The fourth-order valence-corrected chi connectivity index (χ4v) is 1.19. The van der Waals surface area contributed by atoms with Crippen LogP contribution in [0.2, 0.25) is 0 Å². The van der Waals surface area contributed by atoms with Gasteiger partial charge in [0.05, 0.1) is 0 Å². The first-order valence-corrected chi connectivity index (χ1v) is 4.86. The van der Waals surface area contributed by atoms with Crippen molar-refractivity contribution in [2.24, 2.45) is 0 Å². The number of unbranched alkanes of at least 4 members (excludes halogenated alkanes) is 2. The molecule has 0 heterocycles. The Bertz CT molecular complexity index is 269. The molecule has 0 amide bonds. The van der Waals surface area contributed by atoms with Crippen molar-refractivity contribution in [1.82, 2.24) is 0 Å². The van der Waals surface area contributed by atoms with Crippen LogP contribution in [0.1, 0.15) is 19.3 Å². The molecule has 0 fully saturated rings. The molecule has 14 heavy (non-hydrogen) atoms. The van der Waals surface area contributed by atoms with E-state index in [9.17, 15) is 4.79 Å². The second kappa shape index (κ2) is 6.02. The molecule has 1 rings (SSSR count). The number of benzene rings is 1. The fourth-order valence-electron chi connectivity index (χ4n) is 1.19. The van der Waals surface area contributed by atoms with Gasteiger partial charge < -0.3 is 15.8 Å². The van der Waals surface area contributed by atoms with Crippen molar-refractivity contribution in [3.05, 3.63) is 24.3 Å². The first-order chi connectivity index (χ1) is 6.83. The molecule has 0 unspecified atom stereocenters. The number of nitrogens with two attached hydrogens (primary N) is 1. The van der Waals surface area contributed by atoms with Crippen LogP contribution >= 0.6 is 0 Å². The number of hydrogen-bond donors (Lipinski definition) is 2. The maximum atomic E-state index is 10.0. The van der Waals surface area contributed by atoms with Gasteiger partial charge in [-0.3, -0.25) is 0 Å². The van der Waals surface area contributed by atoms with Crippen LogP contribution in [-0.2, 0) is 4.79 Å². The van der Waals surface area contributed by atoms with Gasteiger partial charge in [0.1, 0.15) is 6.29 Å². The van der Waals surface area contributed by atoms with E-state index in [2.05, 4.69) is 5.32 Å². The minimum Gasteiger partial charge on any atom is -0.399 e. The van der Waals surface area contributed by atoms with E-state index in [-0.39, 0.29) is 0 Å². The lowest BCUT2D eigenvalue weighted by Crippen LogP contribution is -2.01. The quantitative estimate of drug-likeness (QED) is 0.412. The maximum Gasteiger partial charge on any atom is 0.119 e. The standard InChI is InChI=1S/C11H16N2O/c12-10-4-6-11(7-5-10)13-8-2-1-3-9-14/h4-7,9,13H,1-3,8,12H2. The highest BCUT2D eigenvalue weighted by Gasteiger charge is 1.91. The van der Waals surface area contributed by atoms with E-state index in [0.717, 1.165) is 37.0 Å². The minimum absolute atomic E-state index is 0.656. The highest BCUT2D eigenvalue weighted by Crippen LogP contribution is 2.10. The van der Waals surface area contributed by atoms with Crippen LogP contribution in [0.25, 0.3) is 0 Å². The van der Waals surface area contributed by atoms with E-state index in [1.165, 1.54) is 0 Å². The van der Waals surface area contributed by atoms with E-state index in [1.807, 2.05) is 24.3 Å². The van der Waals surface area contributed by atoms with Gasteiger partial charge >= 0.3 is 0 Å². The number of hydrogen-bond acceptors (Lipinski definition) is 3. The molecule has 0 aliphatic heterocycles. The molecule has 0 bridgehead atoms. The largest absolute Gasteiger partial charge is 0.399 e. The molecule has 0 aliphatic carbocycles. The van der Waals surface area contributed by atoms with Gasteiger partial charge in [0.15, 0.2) is 0 Å². The van der Waals surface area contributed by atoms with Crippen LogP contribution in [0.5, 0.6) is 0 Å². The second-order valence-corrected chi connectivity index (χ2v) is 3.21. The van der Waals surface area contributed by atoms with Gasteiger partial charge in [-0.05, 0) is 37.1 Å². The summed E-state index contributed by atoms with van der Waals surface area (Å²) >= 11 is 0. The molecular formula is C11H16N2O. The van der Waals surface area contributed by atoms with Gasteiger partial charge in [0.2, 0.25) is 0 Å². The van der Waals surface area contributed by atoms with Crippen LogP contribution in [-0.4, -0.2) is 12.8 Å². The lowest BCUT2D eigenvalue weighted by atomic mass is 10.2. The number of rotatable bonds is 6. The molecule has 0 aliphatic rings. The highest BCUT2D eigenvalue weighted by atomic mass is 16.1. The number of nitrogens with one attached hydrogen (secondary N) is 1. The molecular weight excluding hydrogens is 176 g/mol. The molecule has 0 saturated heterocycles. The van der Waals surface area contributed by atoms with Gasteiger partial charge in [-0.25, -0.2) is 0 Å². The van der Waals surface area contributed by atoms with Crippen LogP contribution in [0.3, 0.4) is 0 Å². The van der Waals surface area contributed by atoms with Crippen molar-refractivity contribution in [2.45, 2.75) is 19.3 Å². The van der Waals surface area contributed by atoms with Crippen molar-refractivity contribution in [3.63, 3.8) is 0 Å². The Kier molecular flexibility index (Phi) is 4.55. The third-order valence-corrected chi connectivity index (χ3v) is 1.99. The molecule has 1 aromatic rings. The Hall–Kier alpha value is -1.51. The predicted molar refractivity (Wildman–Crippen MR) is 59.3 cm³/mol. The van der Waals surface area contributed by atoms with Gasteiger partial charge in [0, 0.05) is 24.3 Å². The summed E-state index contributed by atoms with van der Waals surface area (Å²) in [7, 11) is 0. The van der Waals surface area contributed by atoms with Crippen LogP contribution < -0.4 is 11.1 Å². The van der Waals surface area contributed by atoms with E-state index in [4.69, 9.17) is 5.73 Å². The van der Waals surface area contributed by atoms with Crippen molar-refractivity contribution in [3.8, 4) is 0 Å². The molecule has 0 atom stereocenters. The number of aldehydes is 1. The normalized spacial score (nSPS) is 9.71. The SMILES string of the molecule is Nc1ccc(NCCCCC=O)cc1. The third-order valence-electron chi connectivity index (χ3n) is 1.99. The first-order valence-electron chi connectivity index (χ1n) is 4.86. The molecule has 0 radical (unpaired) electrons. The van der Waals surface area contributed by atoms with Gasteiger partial charge in [-0.15, -0.1) is 0 Å². The van der Waals surface area contributed by atoms with Crippen molar-refractivity contribution in [1.29, 1.82) is 0 Å². The van der Waals surface area contributed by atoms with Crippen LogP contribution in [0.15, 0.2) is 24.3 Å². The zero-order valence-corrected chi connectivity index (χ0v) is 8.20. The Labute approximate surface area is 84.3 Å². The zero-order chi connectivity index (χ0) is 10.2. The summed E-state index contributed by atoms with van der Waals surface area (Å²) in [5.41, 5.74) is 7.40. The topological polar surface area (TPSA) is 55.1 Å². The summed E-state index contributed by atoms with van der Waals surface area (Å²) < 4.78 is 0. The molecule has 0 aromatic heterocycles. The van der Waals surface area contributed by atoms with E-state index < -0.39 is 0 Å². The monoisotopic (exact) mass is 192 g/mol. The van der Waals surface area contributed by atoms with Gasteiger partial charge in [-0.2, -0.15) is 0 Å². The lowest BCUT2D eigenvalue weighted by molar-refractivity contribution is -0.107. The predicted octanol–water partition coefficient (Wildman–Crippen LogP) is 2.05. The van der Waals surface area contributed by atoms with E-state index in [1.54, 1.807) is 0 Å². The number of carbonyl (C=O) groups is 1. The van der Waals surface area contributed by atoms with Crippen molar-refractivity contribution in [2.75, 3.05) is 17.6 Å². The van der Waals surface area contributed by atoms with Crippen LogP contribution in [0.4, 0.5) is 11.4 Å². The van der Waals surface area contributed by atoms with E-state index >= 15 is 0 Å². The third kappa shape index (κ3) is 3.94. The average Bonchev–Trinajstić information content (AvgIpc) is 2.21. The summed E-state index contributed by atoms with van der Waals surface area (Å²) in [6, 6.07) is 7.64. The summed E-state index contributed by atoms with van der Waals surface area (Å²) in [5, 5.41) is 3.26. The summed E-state index contributed by atoms with van der Waals surface area (Å²) in [6.07, 6.45) is 3.58. The highest BCUT2D eigenvalue weighted by molar-refractivity contribution is 5.51. The van der Waals surface area contributed by atoms with Crippen LogP contribution in [0, 0.1) is 0 Å². The lowest BCUT2D eigenvalue weighted by Gasteiger charge is -2.05.